The third-order valence-corrected chi connectivity index (χ3v) is 4.65. The summed E-state index contributed by atoms with van der Waals surface area (Å²) in [7, 11) is 0. The summed E-state index contributed by atoms with van der Waals surface area (Å²) in [4.78, 5) is 36.7. The van der Waals surface area contributed by atoms with Crippen LogP contribution in [-0.2, 0) is 9.59 Å². The highest BCUT2D eigenvalue weighted by Gasteiger charge is 2.35. The number of aliphatic hydroxyl groups excluding tert-OH is 1. The monoisotopic (exact) mass is 343 g/mol. The molecule has 0 aromatic heterocycles. The summed E-state index contributed by atoms with van der Waals surface area (Å²) >= 11 is 0. The minimum atomic E-state index is -0.669. The van der Waals surface area contributed by atoms with Crippen molar-refractivity contribution in [2.75, 3.05) is 6.54 Å². The molecule has 0 bridgehead atoms. The summed E-state index contributed by atoms with van der Waals surface area (Å²) in [5, 5.41) is 13.4. The molecule has 5 heteroatoms. The van der Waals surface area contributed by atoms with E-state index >= 15 is 0 Å². The molecule has 0 aliphatic heterocycles. The Kier molecular flexibility index (Phi) is 5.45. The molecule has 1 aliphatic carbocycles. The van der Waals surface area contributed by atoms with Gasteiger partial charge in [0.05, 0.1) is 0 Å². The van der Waals surface area contributed by atoms with Crippen LogP contribution in [0.25, 0.3) is 5.76 Å². The molecule has 134 valence electrons. The van der Waals surface area contributed by atoms with Gasteiger partial charge in [-0.1, -0.05) is 52.0 Å². The lowest BCUT2D eigenvalue weighted by molar-refractivity contribution is -0.125. The first-order valence-electron chi connectivity index (χ1n) is 8.56. The van der Waals surface area contributed by atoms with E-state index in [9.17, 15) is 19.5 Å². The first-order valence-corrected chi connectivity index (χ1v) is 8.56. The van der Waals surface area contributed by atoms with Gasteiger partial charge in [-0.3, -0.25) is 14.4 Å². The number of aliphatic hydroxyl groups is 1. The largest absolute Gasteiger partial charge is 0.507 e. The van der Waals surface area contributed by atoms with Gasteiger partial charge in [0.15, 0.2) is 0 Å². The van der Waals surface area contributed by atoms with Crippen LogP contribution in [-0.4, -0.2) is 29.1 Å². The van der Waals surface area contributed by atoms with Crippen LogP contribution in [0.5, 0.6) is 0 Å². The van der Waals surface area contributed by atoms with Crippen molar-refractivity contribution in [1.29, 1.82) is 0 Å². The molecule has 25 heavy (non-hydrogen) atoms. The quantitative estimate of drug-likeness (QED) is 0.776. The van der Waals surface area contributed by atoms with Gasteiger partial charge in [0.1, 0.15) is 5.76 Å². The van der Waals surface area contributed by atoms with Crippen LogP contribution in [0.15, 0.2) is 29.8 Å². The molecule has 0 saturated heterocycles. The Hall–Kier alpha value is -2.43. The van der Waals surface area contributed by atoms with E-state index in [0.29, 0.717) is 12.1 Å². The summed E-state index contributed by atoms with van der Waals surface area (Å²) < 4.78 is 0. The molecule has 0 radical (unpaired) electrons. The molecule has 0 heterocycles. The maximum absolute atomic E-state index is 12.4. The molecule has 2 N–H and O–H groups in total. The number of nitrogens with one attached hydrogen (secondary N) is 1. The molecule has 0 spiro atoms. The zero-order valence-electron chi connectivity index (χ0n) is 15.2. The predicted molar refractivity (Wildman–Crippen MR) is 96.2 cm³/mol. The molecule has 1 aromatic carbocycles. The third kappa shape index (κ3) is 3.98. The predicted octanol–water partition coefficient (Wildman–Crippen LogP) is 3.30. The van der Waals surface area contributed by atoms with E-state index in [1.807, 2.05) is 27.7 Å². The summed E-state index contributed by atoms with van der Waals surface area (Å²) in [6.07, 6.45) is 0.959. The Bertz CT molecular complexity index is 746. The van der Waals surface area contributed by atoms with Crippen molar-refractivity contribution in [1.82, 2.24) is 5.32 Å². The zero-order valence-corrected chi connectivity index (χ0v) is 15.2. The lowest BCUT2D eigenvalue weighted by Crippen LogP contribution is -2.38. The van der Waals surface area contributed by atoms with Gasteiger partial charge in [-0.15, -0.1) is 0 Å². The van der Waals surface area contributed by atoms with E-state index in [0.717, 1.165) is 6.42 Å². The van der Waals surface area contributed by atoms with E-state index in [4.69, 9.17) is 0 Å². The Morgan fingerprint density at radius 3 is 2.36 bits per heavy atom. The maximum atomic E-state index is 12.4. The van der Waals surface area contributed by atoms with E-state index in [1.165, 1.54) is 0 Å². The number of hydrogen-bond donors (Lipinski definition) is 2. The van der Waals surface area contributed by atoms with Gasteiger partial charge in [0.2, 0.25) is 17.5 Å². The number of fused-ring (bicyclic) bond motifs is 1. The fraction of sp³-hybridized carbons (Fsp3) is 0.450. The first-order chi connectivity index (χ1) is 11.7. The topological polar surface area (TPSA) is 83.5 Å². The lowest BCUT2D eigenvalue weighted by atomic mass is 9.79. The second-order valence-electron chi connectivity index (χ2n) is 7.40. The summed E-state index contributed by atoms with van der Waals surface area (Å²) in [5.74, 6) is -1.51. The van der Waals surface area contributed by atoms with Crippen molar-refractivity contribution in [2.24, 2.45) is 11.3 Å². The fourth-order valence-corrected chi connectivity index (χ4v) is 2.81. The molecule has 1 aliphatic rings. The lowest BCUT2D eigenvalue weighted by Gasteiger charge is -2.28. The molecule has 5 nitrogen and oxygen atoms in total. The smallest absolute Gasteiger partial charge is 0.234 e. The van der Waals surface area contributed by atoms with Crippen LogP contribution >= 0.6 is 0 Å². The highest BCUT2D eigenvalue weighted by atomic mass is 16.3. The molecule has 1 aromatic rings. The minimum Gasteiger partial charge on any atom is -0.507 e. The Morgan fingerprint density at radius 2 is 1.76 bits per heavy atom. The van der Waals surface area contributed by atoms with Crippen LogP contribution in [0.3, 0.4) is 0 Å². The van der Waals surface area contributed by atoms with Crippen molar-refractivity contribution in [3.05, 3.63) is 41.0 Å². The second kappa shape index (κ2) is 7.21. The summed E-state index contributed by atoms with van der Waals surface area (Å²) in [6, 6.07) is 6.55. The summed E-state index contributed by atoms with van der Waals surface area (Å²) in [6.45, 7) is 7.94. The second-order valence-corrected chi connectivity index (χ2v) is 7.40. The number of Topliss-reactive ketones (excluding diaryl/α,β-unsaturated/α-hetero) is 2. The van der Waals surface area contributed by atoms with E-state index in [1.54, 1.807) is 24.3 Å². The fourth-order valence-electron chi connectivity index (χ4n) is 2.81. The van der Waals surface area contributed by atoms with E-state index in [-0.39, 0.29) is 35.1 Å². The molecule has 1 atom stereocenters. The third-order valence-electron chi connectivity index (χ3n) is 4.65. The van der Waals surface area contributed by atoms with Gasteiger partial charge in [-0.2, -0.15) is 0 Å². The molecule has 1 unspecified atom stereocenters. The molecule has 2 rings (SSSR count). The van der Waals surface area contributed by atoms with Crippen LogP contribution in [0.4, 0.5) is 0 Å². The molecular formula is C20H25NO4. The number of carbonyl (C=O) groups excluding carboxylic acids is 3. The van der Waals surface area contributed by atoms with Crippen molar-refractivity contribution in [3.8, 4) is 0 Å². The SMILES string of the molecule is CCC(C)C(=O)NCC(C)(C)CC1=C(O)c2ccccc2C(=O)C1=O. The van der Waals surface area contributed by atoms with Gasteiger partial charge in [-0.25, -0.2) is 0 Å². The number of carbonyl (C=O) groups is 3. The normalized spacial score (nSPS) is 15.8. The van der Waals surface area contributed by atoms with Gasteiger partial charge in [-0.05, 0) is 18.3 Å². The van der Waals surface area contributed by atoms with Crippen molar-refractivity contribution >= 4 is 23.2 Å². The molecular weight excluding hydrogens is 318 g/mol. The van der Waals surface area contributed by atoms with Gasteiger partial charge in [0, 0.05) is 29.2 Å². The van der Waals surface area contributed by atoms with Crippen LogP contribution < -0.4 is 5.32 Å². The molecule has 1 amide bonds. The number of benzene rings is 1. The van der Waals surface area contributed by atoms with E-state index in [2.05, 4.69) is 5.32 Å². The van der Waals surface area contributed by atoms with Crippen LogP contribution in [0.2, 0.25) is 0 Å². The van der Waals surface area contributed by atoms with Crippen molar-refractivity contribution in [3.63, 3.8) is 0 Å². The maximum Gasteiger partial charge on any atom is 0.234 e. The number of allylic oxidation sites excluding steroid dienone is 1. The Labute approximate surface area is 148 Å². The van der Waals surface area contributed by atoms with Crippen LogP contribution in [0.1, 0.15) is 56.5 Å². The Balaban J connectivity index is 2.22. The van der Waals surface area contributed by atoms with Gasteiger partial charge in [0.25, 0.3) is 0 Å². The average Bonchev–Trinajstić information content (AvgIpc) is 2.60. The highest BCUT2D eigenvalue weighted by Crippen LogP contribution is 2.34. The number of rotatable bonds is 6. The molecule has 0 saturated carbocycles. The van der Waals surface area contributed by atoms with Crippen LogP contribution in [0, 0.1) is 11.3 Å². The number of ketones is 2. The van der Waals surface area contributed by atoms with Gasteiger partial charge < -0.3 is 10.4 Å². The minimum absolute atomic E-state index is 0.0369. The van der Waals surface area contributed by atoms with Crippen molar-refractivity contribution < 1.29 is 19.5 Å². The number of amides is 1. The highest BCUT2D eigenvalue weighted by molar-refractivity contribution is 6.52. The molecule has 0 fully saturated rings. The Morgan fingerprint density at radius 1 is 1.16 bits per heavy atom. The van der Waals surface area contributed by atoms with Crippen molar-refractivity contribution in [2.45, 2.75) is 40.5 Å². The zero-order chi connectivity index (χ0) is 18.8. The van der Waals surface area contributed by atoms with E-state index < -0.39 is 17.0 Å². The summed E-state index contributed by atoms with van der Waals surface area (Å²) in [5.41, 5.74) is 0.263. The standard InChI is InChI=1S/C20H25NO4/c1-5-12(2)19(25)21-11-20(3,4)10-15-16(22)13-8-6-7-9-14(13)17(23)18(15)24/h6-9,12,22H,5,10-11H2,1-4H3,(H,21,25). The first kappa shape index (κ1) is 18.9. The van der Waals surface area contributed by atoms with Gasteiger partial charge >= 0.3 is 0 Å². The number of hydrogen-bond acceptors (Lipinski definition) is 4. The average molecular weight is 343 g/mol.